The quantitative estimate of drug-likeness (QED) is 0.881. The number of thioether (sulfide) groups is 1. The highest BCUT2D eigenvalue weighted by molar-refractivity contribution is 8.13. The Labute approximate surface area is 137 Å². The highest BCUT2D eigenvalue weighted by atomic mass is 32.2. The molecule has 0 aliphatic carbocycles. The Kier molecular flexibility index (Phi) is 4.71. The van der Waals surface area contributed by atoms with E-state index in [0.29, 0.717) is 34.0 Å². The zero-order chi connectivity index (χ0) is 16.2. The van der Waals surface area contributed by atoms with Crippen LogP contribution < -0.4 is 20.3 Å². The van der Waals surface area contributed by atoms with Gasteiger partial charge in [0.15, 0.2) is 16.7 Å². The normalized spacial score (nSPS) is 14.3. The number of ether oxygens (including phenoxy) is 2. The van der Waals surface area contributed by atoms with Crippen molar-refractivity contribution in [3.05, 3.63) is 28.3 Å². The minimum atomic E-state index is -0.190. The maximum absolute atomic E-state index is 12.3. The van der Waals surface area contributed by atoms with Crippen LogP contribution in [0.5, 0.6) is 11.5 Å². The van der Waals surface area contributed by atoms with Gasteiger partial charge in [-0.1, -0.05) is 11.8 Å². The Morgan fingerprint density at radius 1 is 1.26 bits per heavy atom. The van der Waals surface area contributed by atoms with Crippen LogP contribution in [0.25, 0.3) is 10.9 Å². The van der Waals surface area contributed by atoms with Crippen molar-refractivity contribution in [2.24, 2.45) is 4.99 Å². The zero-order valence-corrected chi connectivity index (χ0v) is 13.8. The SMILES string of the molecule is COc1cc2nc(CSC3=NCCCN3)[nH]c(=O)c2cc1OC. The summed E-state index contributed by atoms with van der Waals surface area (Å²) in [5, 5.41) is 4.60. The van der Waals surface area contributed by atoms with Crippen molar-refractivity contribution in [3.8, 4) is 11.5 Å². The molecule has 0 saturated heterocycles. The number of benzene rings is 1. The molecule has 8 heteroatoms. The van der Waals surface area contributed by atoms with E-state index in [1.54, 1.807) is 19.2 Å². The molecule has 0 bridgehead atoms. The average molecular weight is 334 g/mol. The molecule has 0 unspecified atom stereocenters. The van der Waals surface area contributed by atoms with Gasteiger partial charge in [-0.15, -0.1) is 0 Å². The summed E-state index contributed by atoms with van der Waals surface area (Å²) in [7, 11) is 3.09. The van der Waals surface area contributed by atoms with Crippen LogP contribution in [-0.4, -0.2) is 42.4 Å². The van der Waals surface area contributed by atoms with Gasteiger partial charge in [0, 0.05) is 19.2 Å². The third-order valence-corrected chi connectivity index (χ3v) is 4.44. The number of fused-ring (bicyclic) bond motifs is 1. The number of hydrogen-bond acceptors (Lipinski definition) is 7. The van der Waals surface area contributed by atoms with Crippen LogP contribution >= 0.6 is 11.8 Å². The van der Waals surface area contributed by atoms with E-state index < -0.39 is 0 Å². The van der Waals surface area contributed by atoms with Gasteiger partial charge in [-0.05, 0) is 12.5 Å². The number of nitrogens with one attached hydrogen (secondary N) is 2. The van der Waals surface area contributed by atoms with E-state index in [-0.39, 0.29) is 5.56 Å². The molecule has 0 saturated carbocycles. The van der Waals surface area contributed by atoms with Crippen LogP contribution in [0.1, 0.15) is 12.2 Å². The lowest BCUT2D eigenvalue weighted by Crippen LogP contribution is -2.27. The number of hydrogen-bond donors (Lipinski definition) is 2. The summed E-state index contributed by atoms with van der Waals surface area (Å²) in [6.45, 7) is 1.78. The molecule has 1 aliphatic heterocycles. The number of nitrogens with zero attached hydrogens (tertiary/aromatic N) is 2. The van der Waals surface area contributed by atoms with Gasteiger partial charge >= 0.3 is 0 Å². The molecule has 122 valence electrons. The van der Waals surface area contributed by atoms with E-state index in [2.05, 4.69) is 20.3 Å². The summed E-state index contributed by atoms with van der Waals surface area (Å²) in [5.74, 6) is 2.21. The Morgan fingerprint density at radius 3 is 2.74 bits per heavy atom. The van der Waals surface area contributed by atoms with Gasteiger partial charge in [-0.25, -0.2) is 4.98 Å². The zero-order valence-electron chi connectivity index (χ0n) is 13.0. The van der Waals surface area contributed by atoms with Crippen LogP contribution in [0.3, 0.4) is 0 Å². The first-order chi connectivity index (χ1) is 11.2. The number of methoxy groups -OCH3 is 2. The first kappa shape index (κ1) is 15.7. The second-order valence-corrected chi connectivity index (χ2v) is 5.96. The summed E-state index contributed by atoms with van der Waals surface area (Å²) in [4.78, 5) is 24.0. The van der Waals surface area contributed by atoms with Crippen molar-refractivity contribution < 1.29 is 9.47 Å². The molecule has 0 amide bonds. The van der Waals surface area contributed by atoms with Crippen LogP contribution in [0.2, 0.25) is 0 Å². The summed E-state index contributed by atoms with van der Waals surface area (Å²) < 4.78 is 10.5. The fourth-order valence-electron chi connectivity index (χ4n) is 2.33. The molecule has 1 aromatic heterocycles. The predicted octanol–water partition coefficient (Wildman–Crippen LogP) is 1.52. The van der Waals surface area contributed by atoms with Crippen molar-refractivity contribution in [1.29, 1.82) is 0 Å². The second-order valence-electron chi connectivity index (χ2n) is 4.99. The molecule has 2 N–H and O–H groups in total. The molecule has 2 aromatic rings. The van der Waals surface area contributed by atoms with Crippen molar-refractivity contribution in [1.82, 2.24) is 15.3 Å². The first-order valence-corrected chi connectivity index (χ1v) is 8.26. The minimum Gasteiger partial charge on any atom is -0.493 e. The average Bonchev–Trinajstić information content (AvgIpc) is 2.59. The lowest BCUT2D eigenvalue weighted by Gasteiger charge is -2.13. The van der Waals surface area contributed by atoms with E-state index in [1.807, 2.05) is 0 Å². The predicted molar refractivity (Wildman–Crippen MR) is 91.7 cm³/mol. The van der Waals surface area contributed by atoms with Crippen LogP contribution in [0.4, 0.5) is 0 Å². The summed E-state index contributed by atoms with van der Waals surface area (Å²) in [6, 6.07) is 3.36. The van der Waals surface area contributed by atoms with Crippen LogP contribution in [-0.2, 0) is 5.75 Å². The molecule has 0 radical (unpaired) electrons. The summed E-state index contributed by atoms with van der Waals surface area (Å²) in [6.07, 6.45) is 1.05. The molecular weight excluding hydrogens is 316 g/mol. The summed E-state index contributed by atoms with van der Waals surface area (Å²) >= 11 is 1.54. The lowest BCUT2D eigenvalue weighted by atomic mass is 10.2. The standard InChI is InChI=1S/C15H18N4O3S/c1-21-11-6-9-10(7-12(11)22-2)18-13(19-14(9)20)8-23-15-16-4-3-5-17-15/h6-7H,3-5,8H2,1-2H3,(H,16,17)(H,18,19,20). The summed E-state index contributed by atoms with van der Waals surface area (Å²) in [5.41, 5.74) is 0.394. The number of rotatable bonds is 4. The fourth-order valence-corrected chi connectivity index (χ4v) is 3.12. The molecule has 7 nitrogen and oxygen atoms in total. The molecule has 2 heterocycles. The Bertz CT molecular complexity index is 803. The van der Waals surface area contributed by atoms with Crippen molar-refractivity contribution in [2.45, 2.75) is 12.2 Å². The largest absolute Gasteiger partial charge is 0.493 e. The highest BCUT2D eigenvalue weighted by Gasteiger charge is 2.12. The number of H-pyrrole nitrogens is 1. The van der Waals surface area contributed by atoms with Gasteiger partial charge in [0.25, 0.3) is 5.56 Å². The van der Waals surface area contributed by atoms with Crippen molar-refractivity contribution in [3.63, 3.8) is 0 Å². The molecule has 0 spiro atoms. The van der Waals surface area contributed by atoms with E-state index in [9.17, 15) is 4.79 Å². The first-order valence-electron chi connectivity index (χ1n) is 7.27. The molecule has 1 aromatic carbocycles. The van der Waals surface area contributed by atoms with Gasteiger partial charge in [0.1, 0.15) is 5.82 Å². The van der Waals surface area contributed by atoms with Crippen LogP contribution in [0, 0.1) is 0 Å². The molecule has 1 aliphatic rings. The highest BCUT2D eigenvalue weighted by Crippen LogP contribution is 2.30. The molecule has 23 heavy (non-hydrogen) atoms. The topological polar surface area (TPSA) is 88.6 Å². The molecule has 0 fully saturated rings. The smallest absolute Gasteiger partial charge is 0.258 e. The third kappa shape index (κ3) is 3.42. The van der Waals surface area contributed by atoms with Crippen molar-refractivity contribution in [2.75, 3.05) is 27.3 Å². The van der Waals surface area contributed by atoms with Crippen molar-refractivity contribution >= 4 is 27.8 Å². The minimum absolute atomic E-state index is 0.190. The maximum Gasteiger partial charge on any atom is 0.258 e. The van der Waals surface area contributed by atoms with E-state index in [4.69, 9.17) is 9.47 Å². The van der Waals surface area contributed by atoms with Gasteiger partial charge in [0.05, 0.1) is 30.9 Å². The van der Waals surface area contributed by atoms with Gasteiger partial charge in [-0.3, -0.25) is 9.79 Å². The number of aromatic amines is 1. The van der Waals surface area contributed by atoms with E-state index in [0.717, 1.165) is 24.7 Å². The number of aromatic nitrogens is 2. The maximum atomic E-state index is 12.3. The molecule has 0 atom stereocenters. The van der Waals surface area contributed by atoms with Gasteiger partial charge in [0.2, 0.25) is 0 Å². The van der Waals surface area contributed by atoms with Gasteiger partial charge in [-0.2, -0.15) is 0 Å². The fraction of sp³-hybridized carbons (Fsp3) is 0.400. The third-order valence-electron chi connectivity index (χ3n) is 3.47. The van der Waals surface area contributed by atoms with Crippen LogP contribution in [0.15, 0.2) is 21.9 Å². The Morgan fingerprint density at radius 2 is 2.04 bits per heavy atom. The molecular formula is C15H18N4O3S. The number of aliphatic imine (C=N–C) groups is 1. The monoisotopic (exact) mass is 334 g/mol. The lowest BCUT2D eigenvalue weighted by molar-refractivity contribution is 0.355. The van der Waals surface area contributed by atoms with E-state index >= 15 is 0 Å². The van der Waals surface area contributed by atoms with E-state index in [1.165, 1.54) is 18.9 Å². The molecule has 3 rings (SSSR count). The number of amidine groups is 1. The Balaban J connectivity index is 1.90. The van der Waals surface area contributed by atoms with Gasteiger partial charge < -0.3 is 19.8 Å². The Hall–Kier alpha value is -2.22. The second kappa shape index (κ2) is 6.91.